The lowest BCUT2D eigenvalue weighted by atomic mass is 10.3. The molecular formula is C12H10BrN3O3. The number of aryl methyl sites for hydroxylation is 1. The summed E-state index contributed by atoms with van der Waals surface area (Å²) in [5.74, 6) is 0.255. The fourth-order valence-electron chi connectivity index (χ4n) is 2.16. The Morgan fingerprint density at radius 1 is 1.47 bits per heavy atom. The third-order valence-corrected chi connectivity index (χ3v) is 3.80. The van der Waals surface area contributed by atoms with Gasteiger partial charge in [-0.2, -0.15) is 0 Å². The number of halogens is 1. The molecule has 1 N–H and O–H groups in total. The van der Waals surface area contributed by atoms with Crippen molar-refractivity contribution in [3.05, 3.63) is 28.5 Å². The van der Waals surface area contributed by atoms with E-state index in [1.807, 2.05) is 18.2 Å². The Hall–Kier alpha value is -2.02. The first-order valence-electron chi connectivity index (χ1n) is 5.48. The van der Waals surface area contributed by atoms with Crippen molar-refractivity contribution in [1.82, 2.24) is 14.0 Å². The van der Waals surface area contributed by atoms with E-state index in [9.17, 15) is 9.90 Å². The van der Waals surface area contributed by atoms with Gasteiger partial charge in [-0.15, -0.1) is 0 Å². The molecule has 0 saturated carbocycles. The molecule has 0 bridgehead atoms. The molecule has 3 rings (SSSR count). The number of hydrogen-bond donors (Lipinski definition) is 1. The minimum atomic E-state index is -1.00. The van der Waals surface area contributed by atoms with Gasteiger partial charge in [0.05, 0.1) is 18.1 Å². The number of rotatable bonds is 2. The predicted octanol–water partition coefficient (Wildman–Crippen LogP) is 2.30. The third-order valence-electron chi connectivity index (χ3n) is 3.07. The van der Waals surface area contributed by atoms with Crippen molar-refractivity contribution in [2.75, 3.05) is 7.11 Å². The first-order chi connectivity index (χ1) is 9.04. The van der Waals surface area contributed by atoms with E-state index in [-0.39, 0.29) is 5.69 Å². The zero-order chi connectivity index (χ0) is 13.7. The molecule has 0 atom stereocenters. The standard InChI is InChI=1S/C12H10BrN3O3/c1-15-9(11(17)18)10(13)16-8-5-6(19-2)3-4-7(8)14-12(15)16/h3-5H,1-2H3,(H,17,18). The molecule has 6 nitrogen and oxygen atoms in total. The van der Waals surface area contributed by atoms with E-state index < -0.39 is 5.97 Å². The Labute approximate surface area is 116 Å². The van der Waals surface area contributed by atoms with Crippen molar-refractivity contribution in [3.63, 3.8) is 0 Å². The molecule has 1 aromatic carbocycles. The number of carboxylic acid groups (broad SMARTS) is 1. The van der Waals surface area contributed by atoms with E-state index in [0.717, 1.165) is 11.0 Å². The normalized spacial score (nSPS) is 11.3. The first kappa shape index (κ1) is 12.0. The molecule has 0 aliphatic heterocycles. The maximum atomic E-state index is 11.3. The summed E-state index contributed by atoms with van der Waals surface area (Å²) in [6.45, 7) is 0. The summed E-state index contributed by atoms with van der Waals surface area (Å²) in [5.41, 5.74) is 1.74. The van der Waals surface area contributed by atoms with Crippen LogP contribution in [-0.2, 0) is 7.05 Å². The lowest BCUT2D eigenvalue weighted by molar-refractivity contribution is 0.0685. The highest BCUT2D eigenvalue weighted by atomic mass is 79.9. The summed E-state index contributed by atoms with van der Waals surface area (Å²) < 4.78 is 8.94. The van der Waals surface area contributed by atoms with E-state index in [0.29, 0.717) is 16.1 Å². The topological polar surface area (TPSA) is 68.8 Å². The number of imidazole rings is 2. The van der Waals surface area contributed by atoms with Gasteiger partial charge in [0.1, 0.15) is 10.4 Å². The molecule has 0 unspecified atom stereocenters. The Kier molecular flexibility index (Phi) is 2.53. The van der Waals surface area contributed by atoms with Gasteiger partial charge in [-0.1, -0.05) is 0 Å². The quantitative estimate of drug-likeness (QED) is 0.785. The number of nitrogens with zero attached hydrogens (tertiary/aromatic N) is 3. The van der Waals surface area contributed by atoms with E-state index >= 15 is 0 Å². The number of carboxylic acids is 1. The number of carbonyl (C=O) groups is 1. The van der Waals surface area contributed by atoms with Gasteiger partial charge in [-0.05, 0) is 28.1 Å². The van der Waals surface area contributed by atoms with Gasteiger partial charge in [-0.3, -0.25) is 4.40 Å². The van der Waals surface area contributed by atoms with Crippen LogP contribution in [0.1, 0.15) is 10.5 Å². The monoisotopic (exact) mass is 323 g/mol. The molecule has 98 valence electrons. The van der Waals surface area contributed by atoms with Crippen molar-refractivity contribution in [1.29, 1.82) is 0 Å². The summed E-state index contributed by atoms with van der Waals surface area (Å²) >= 11 is 3.33. The zero-order valence-electron chi connectivity index (χ0n) is 10.2. The van der Waals surface area contributed by atoms with E-state index in [2.05, 4.69) is 20.9 Å². The number of fused-ring (bicyclic) bond motifs is 3. The fraction of sp³-hybridized carbons (Fsp3) is 0.167. The Bertz CT molecular complexity index is 819. The van der Waals surface area contributed by atoms with Crippen LogP contribution in [0.15, 0.2) is 22.8 Å². The van der Waals surface area contributed by atoms with Crippen molar-refractivity contribution in [2.45, 2.75) is 0 Å². The van der Waals surface area contributed by atoms with Crippen LogP contribution < -0.4 is 4.74 Å². The highest BCUT2D eigenvalue weighted by Gasteiger charge is 2.22. The molecule has 0 fully saturated rings. The Morgan fingerprint density at radius 3 is 2.84 bits per heavy atom. The molecule has 0 saturated heterocycles. The maximum absolute atomic E-state index is 11.3. The molecule has 0 aliphatic rings. The van der Waals surface area contributed by atoms with Crippen molar-refractivity contribution < 1.29 is 14.6 Å². The number of aromatic nitrogens is 3. The van der Waals surface area contributed by atoms with Crippen molar-refractivity contribution in [2.24, 2.45) is 7.05 Å². The average Bonchev–Trinajstić information content (AvgIpc) is 2.86. The number of hydrogen-bond acceptors (Lipinski definition) is 3. The van der Waals surface area contributed by atoms with Gasteiger partial charge >= 0.3 is 5.97 Å². The molecule has 2 heterocycles. The van der Waals surface area contributed by atoms with Gasteiger partial charge in [0.25, 0.3) is 0 Å². The van der Waals surface area contributed by atoms with E-state index in [4.69, 9.17) is 4.74 Å². The SMILES string of the molecule is COc1ccc2nc3n(C)c(C(=O)O)c(Br)n3c2c1. The second-order valence-electron chi connectivity index (χ2n) is 4.11. The zero-order valence-corrected chi connectivity index (χ0v) is 11.8. The fourth-order valence-corrected chi connectivity index (χ4v) is 2.95. The van der Waals surface area contributed by atoms with Crippen LogP contribution in [0.5, 0.6) is 5.75 Å². The van der Waals surface area contributed by atoms with Gasteiger partial charge in [-0.25, -0.2) is 9.78 Å². The van der Waals surface area contributed by atoms with Gasteiger partial charge in [0.2, 0.25) is 5.78 Å². The molecule has 0 radical (unpaired) electrons. The predicted molar refractivity (Wildman–Crippen MR) is 72.9 cm³/mol. The van der Waals surface area contributed by atoms with Gasteiger partial charge in [0.15, 0.2) is 5.69 Å². The molecule has 7 heteroatoms. The summed E-state index contributed by atoms with van der Waals surface area (Å²) in [4.78, 5) is 15.7. The molecule has 0 aliphatic carbocycles. The van der Waals surface area contributed by atoms with Crippen LogP contribution in [0.25, 0.3) is 16.8 Å². The van der Waals surface area contributed by atoms with Gasteiger partial charge < -0.3 is 14.4 Å². The minimum Gasteiger partial charge on any atom is -0.497 e. The van der Waals surface area contributed by atoms with E-state index in [1.165, 1.54) is 0 Å². The van der Waals surface area contributed by atoms with Crippen LogP contribution in [0, 0.1) is 0 Å². The smallest absolute Gasteiger partial charge is 0.355 e. The average molecular weight is 324 g/mol. The van der Waals surface area contributed by atoms with Crippen LogP contribution in [0.4, 0.5) is 0 Å². The Balaban J connectivity index is 2.48. The van der Waals surface area contributed by atoms with Crippen molar-refractivity contribution in [3.8, 4) is 5.75 Å². The summed E-state index contributed by atoms with van der Waals surface area (Å²) in [6.07, 6.45) is 0. The largest absolute Gasteiger partial charge is 0.497 e. The van der Waals surface area contributed by atoms with Crippen LogP contribution in [0.3, 0.4) is 0 Å². The highest BCUT2D eigenvalue weighted by Crippen LogP contribution is 2.29. The van der Waals surface area contributed by atoms with Crippen LogP contribution >= 0.6 is 15.9 Å². The molecular weight excluding hydrogens is 314 g/mol. The van der Waals surface area contributed by atoms with E-state index in [1.54, 1.807) is 23.1 Å². The summed E-state index contributed by atoms with van der Waals surface area (Å²) in [5, 5.41) is 9.22. The second-order valence-corrected chi connectivity index (χ2v) is 4.86. The second kappa shape index (κ2) is 3.99. The highest BCUT2D eigenvalue weighted by molar-refractivity contribution is 9.10. The maximum Gasteiger partial charge on any atom is 0.355 e. The van der Waals surface area contributed by atoms with Crippen LogP contribution in [-0.4, -0.2) is 32.1 Å². The Morgan fingerprint density at radius 2 is 2.21 bits per heavy atom. The third kappa shape index (κ3) is 1.54. The lowest BCUT2D eigenvalue weighted by Crippen LogP contribution is -2.05. The molecule has 2 aromatic heterocycles. The number of aromatic carboxylic acids is 1. The minimum absolute atomic E-state index is 0.159. The lowest BCUT2D eigenvalue weighted by Gasteiger charge is -1.99. The molecule has 0 spiro atoms. The van der Waals surface area contributed by atoms with Crippen LogP contribution in [0.2, 0.25) is 0 Å². The molecule has 19 heavy (non-hydrogen) atoms. The summed E-state index contributed by atoms with van der Waals surface area (Å²) in [6, 6.07) is 5.49. The molecule has 3 aromatic rings. The summed E-state index contributed by atoms with van der Waals surface area (Å²) in [7, 11) is 3.26. The first-order valence-corrected chi connectivity index (χ1v) is 6.27. The number of methoxy groups -OCH3 is 1. The molecule has 0 amide bonds. The van der Waals surface area contributed by atoms with Gasteiger partial charge in [0, 0.05) is 13.1 Å². The number of ether oxygens (including phenoxy) is 1. The number of benzene rings is 1. The van der Waals surface area contributed by atoms with Crippen molar-refractivity contribution >= 4 is 38.7 Å².